The van der Waals surface area contributed by atoms with Crippen LogP contribution in [-0.4, -0.2) is 24.6 Å². The molecular formula is C15H23N3O3. The van der Waals surface area contributed by atoms with Crippen LogP contribution < -0.4 is 15.8 Å². The maximum atomic E-state index is 11.2. The Kier molecular flexibility index (Phi) is 5.38. The van der Waals surface area contributed by atoms with Crippen LogP contribution in [0.3, 0.4) is 0 Å². The molecule has 1 atom stereocenters. The largest absolute Gasteiger partial charge is 0.496 e. The fourth-order valence-corrected chi connectivity index (χ4v) is 3.02. The first-order valence-electron chi connectivity index (χ1n) is 7.44. The number of methoxy groups -OCH3 is 1. The average molecular weight is 293 g/mol. The van der Waals surface area contributed by atoms with Gasteiger partial charge in [0.15, 0.2) is 0 Å². The van der Waals surface area contributed by atoms with Gasteiger partial charge in [0, 0.05) is 12.6 Å². The number of benzene rings is 1. The van der Waals surface area contributed by atoms with Gasteiger partial charge < -0.3 is 15.8 Å². The molecule has 0 radical (unpaired) electrons. The summed E-state index contributed by atoms with van der Waals surface area (Å²) in [7, 11) is 1.50. The molecule has 1 aliphatic rings. The summed E-state index contributed by atoms with van der Waals surface area (Å²) in [6.45, 7) is 0.480. The maximum Gasteiger partial charge on any atom is 0.296 e. The first-order valence-corrected chi connectivity index (χ1v) is 7.44. The summed E-state index contributed by atoms with van der Waals surface area (Å²) in [5.74, 6) is 0.972. The topological polar surface area (TPSA) is 90.4 Å². The summed E-state index contributed by atoms with van der Waals surface area (Å²) in [5.41, 5.74) is 6.42. The van der Waals surface area contributed by atoms with Crippen molar-refractivity contribution in [1.82, 2.24) is 0 Å². The molecule has 1 saturated carbocycles. The van der Waals surface area contributed by atoms with Gasteiger partial charge in [-0.1, -0.05) is 19.3 Å². The lowest BCUT2D eigenvalue weighted by Gasteiger charge is -2.30. The average Bonchev–Trinajstić information content (AvgIpc) is 2.53. The first kappa shape index (κ1) is 15.6. The highest BCUT2D eigenvalue weighted by Gasteiger charge is 2.25. The SMILES string of the molecule is COc1ccc(NC(CN)C2CCCCC2)c([N+](=O)[O-])c1. The molecular weight excluding hydrogens is 270 g/mol. The zero-order valence-corrected chi connectivity index (χ0v) is 12.4. The van der Waals surface area contributed by atoms with Gasteiger partial charge in [-0.05, 0) is 30.9 Å². The van der Waals surface area contributed by atoms with Crippen LogP contribution in [0.2, 0.25) is 0 Å². The van der Waals surface area contributed by atoms with Crippen LogP contribution in [0.15, 0.2) is 18.2 Å². The zero-order chi connectivity index (χ0) is 15.2. The van der Waals surface area contributed by atoms with E-state index in [1.54, 1.807) is 12.1 Å². The van der Waals surface area contributed by atoms with Gasteiger partial charge in [0.2, 0.25) is 0 Å². The maximum absolute atomic E-state index is 11.2. The zero-order valence-electron chi connectivity index (χ0n) is 12.4. The molecule has 1 aromatic carbocycles. The summed E-state index contributed by atoms with van der Waals surface area (Å²) in [5, 5.41) is 14.5. The number of nitrogens with two attached hydrogens (primary N) is 1. The van der Waals surface area contributed by atoms with E-state index in [4.69, 9.17) is 10.5 Å². The van der Waals surface area contributed by atoms with E-state index < -0.39 is 0 Å². The monoisotopic (exact) mass is 293 g/mol. The summed E-state index contributed by atoms with van der Waals surface area (Å²) in [4.78, 5) is 10.8. The van der Waals surface area contributed by atoms with Crippen molar-refractivity contribution < 1.29 is 9.66 Å². The van der Waals surface area contributed by atoms with Crippen molar-refractivity contribution in [2.75, 3.05) is 19.0 Å². The Labute approximate surface area is 124 Å². The molecule has 3 N–H and O–H groups in total. The highest BCUT2D eigenvalue weighted by atomic mass is 16.6. The van der Waals surface area contributed by atoms with Crippen molar-refractivity contribution in [2.24, 2.45) is 11.7 Å². The number of hydrogen-bond acceptors (Lipinski definition) is 5. The molecule has 0 saturated heterocycles. The van der Waals surface area contributed by atoms with Crippen molar-refractivity contribution in [3.05, 3.63) is 28.3 Å². The summed E-state index contributed by atoms with van der Waals surface area (Å²) in [6.07, 6.45) is 5.98. The van der Waals surface area contributed by atoms with E-state index in [1.165, 1.54) is 32.4 Å². The third-order valence-corrected chi connectivity index (χ3v) is 4.22. The molecule has 0 amide bonds. The van der Waals surface area contributed by atoms with Crippen LogP contribution in [0, 0.1) is 16.0 Å². The summed E-state index contributed by atoms with van der Waals surface area (Å²) in [6, 6.07) is 4.95. The standard InChI is InChI=1S/C15H23N3O3/c1-21-12-7-8-13(15(9-12)18(19)20)17-14(10-16)11-5-3-2-4-6-11/h7-9,11,14,17H,2-6,10,16H2,1H3. The lowest BCUT2D eigenvalue weighted by atomic mass is 9.84. The number of nitrogens with one attached hydrogen (secondary N) is 1. The second-order valence-corrected chi connectivity index (χ2v) is 5.52. The molecule has 21 heavy (non-hydrogen) atoms. The first-order chi connectivity index (χ1) is 10.2. The Balaban J connectivity index is 2.17. The molecule has 2 rings (SSSR count). The Morgan fingerprint density at radius 1 is 1.43 bits per heavy atom. The number of ether oxygens (including phenoxy) is 1. The molecule has 1 aliphatic carbocycles. The molecule has 1 fully saturated rings. The van der Waals surface area contributed by atoms with Gasteiger partial charge in [-0.15, -0.1) is 0 Å². The highest BCUT2D eigenvalue weighted by Crippen LogP contribution is 2.32. The van der Waals surface area contributed by atoms with E-state index in [2.05, 4.69) is 5.32 Å². The van der Waals surface area contributed by atoms with Crippen molar-refractivity contribution in [2.45, 2.75) is 38.1 Å². The van der Waals surface area contributed by atoms with Crippen LogP contribution in [0.1, 0.15) is 32.1 Å². The quantitative estimate of drug-likeness (QED) is 0.621. The van der Waals surface area contributed by atoms with Crippen molar-refractivity contribution in [1.29, 1.82) is 0 Å². The summed E-state index contributed by atoms with van der Waals surface area (Å²) < 4.78 is 5.05. The van der Waals surface area contributed by atoms with Gasteiger partial charge in [-0.2, -0.15) is 0 Å². The highest BCUT2D eigenvalue weighted by molar-refractivity contribution is 5.64. The fourth-order valence-electron chi connectivity index (χ4n) is 3.02. The van der Waals surface area contributed by atoms with E-state index >= 15 is 0 Å². The number of rotatable bonds is 6. The Morgan fingerprint density at radius 2 is 2.14 bits per heavy atom. The van der Waals surface area contributed by atoms with Gasteiger partial charge in [-0.3, -0.25) is 10.1 Å². The van der Waals surface area contributed by atoms with Crippen LogP contribution in [0.4, 0.5) is 11.4 Å². The normalized spacial score (nSPS) is 17.2. The molecule has 0 heterocycles. The molecule has 1 unspecified atom stereocenters. The lowest BCUT2D eigenvalue weighted by molar-refractivity contribution is -0.384. The lowest BCUT2D eigenvalue weighted by Crippen LogP contribution is -2.37. The van der Waals surface area contributed by atoms with E-state index in [-0.39, 0.29) is 16.7 Å². The molecule has 0 aliphatic heterocycles. The van der Waals surface area contributed by atoms with E-state index in [0.29, 0.717) is 23.9 Å². The van der Waals surface area contributed by atoms with Crippen LogP contribution >= 0.6 is 0 Å². The second kappa shape index (κ2) is 7.26. The number of hydrogen-bond donors (Lipinski definition) is 2. The van der Waals surface area contributed by atoms with Crippen LogP contribution in [0.25, 0.3) is 0 Å². The molecule has 6 heteroatoms. The van der Waals surface area contributed by atoms with E-state index in [9.17, 15) is 10.1 Å². The van der Waals surface area contributed by atoms with Gasteiger partial charge in [-0.25, -0.2) is 0 Å². The van der Waals surface area contributed by atoms with Crippen molar-refractivity contribution in [3.63, 3.8) is 0 Å². The minimum absolute atomic E-state index is 0.0311. The van der Waals surface area contributed by atoms with Gasteiger partial charge >= 0.3 is 0 Å². The van der Waals surface area contributed by atoms with Gasteiger partial charge in [0.1, 0.15) is 11.4 Å². The van der Waals surface area contributed by atoms with Crippen molar-refractivity contribution in [3.8, 4) is 5.75 Å². The van der Waals surface area contributed by atoms with Gasteiger partial charge in [0.05, 0.1) is 18.1 Å². The number of nitro benzene ring substituents is 1. The van der Waals surface area contributed by atoms with Crippen LogP contribution in [-0.2, 0) is 0 Å². The molecule has 6 nitrogen and oxygen atoms in total. The van der Waals surface area contributed by atoms with E-state index in [1.807, 2.05) is 0 Å². The van der Waals surface area contributed by atoms with Crippen molar-refractivity contribution >= 4 is 11.4 Å². The van der Waals surface area contributed by atoms with Gasteiger partial charge in [0.25, 0.3) is 5.69 Å². The smallest absolute Gasteiger partial charge is 0.296 e. The predicted octanol–water partition coefficient (Wildman–Crippen LogP) is 2.92. The molecule has 1 aromatic rings. The molecule has 0 bridgehead atoms. The van der Waals surface area contributed by atoms with Crippen LogP contribution in [0.5, 0.6) is 5.75 Å². The third-order valence-electron chi connectivity index (χ3n) is 4.22. The number of nitro groups is 1. The minimum atomic E-state index is -0.390. The Hall–Kier alpha value is -1.82. The van der Waals surface area contributed by atoms with E-state index in [0.717, 1.165) is 12.8 Å². The fraction of sp³-hybridized carbons (Fsp3) is 0.600. The Bertz CT molecular complexity index is 487. The number of anilines is 1. The third kappa shape index (κ3) is 3.85. The number of nitrogens with zero attached hydrogens (tertiary/aromatic N) is 1. The predicted molar refractivity (Wildman–Crippen MR) is 82.7 cm³/mol. The summed E-state index contributed by atoms with van der Waals surface area (Å²) >= 11 is 0. The molecule has 0 aromatic heterocycles. The minimum Gasteiger partial charge on any atom is -0.496 e. The Morgan fingerprint density at radius 3 is 2.71 bits per heavy atom. The molecule has 0 spiro atoms. The second-order valence-electron chi connectivity index (χ2n) is 5.52. The molecule has 116 valence electrons.